The van der Waals surface area contributed by atoms with Crippen molar-refractivity contribution in [2.75, 3.05) is 18.6 Å². The minimum atomic E-state index is 0.189. The van der Waals surface area contributed by atoms with E-state index in [1.807, 2.05) is 18.2 Å². The molecule has 0 aliphatic carbocycles. The molecule has 1 aliphatic rings. The number of hydrogen-bond donors (Lipinski definition) is 0. The van der Waals surface area contributed by atoms with Gasteiger partial charge in [-0.15, -0.1) is 0 Å². The highest BCUT2D eigenvalue weighted by Crippen LogP contribution is 2.37. The summed E-state index contributed by atoms with van der Waals surface area (Å²) in [5.41, 5.74) is 0.852. The molecular formula is C17H21N5O2. The summed E-state index contributed by atoms with van der Waals surface area (Å²) in [6.45, 7) is 3.69. The van der Waals surface area contributed by atoms with Crippen molar-refractivity contribution in [3.8, 4) is 0 Å². The van der Waals surface area contributed by atoms with Gasteiger partial charge in [0.1, 0.15) is 17.9 Å². The number of piperidine rings is 1. The Balaban J connectivity index is 1.80. The second kappa shape index (κ2) is 6.24. The van der Waals surface area contributed by atoms with Gasteiger partial charge in [-0.25, -0.2) is 4.98 Å². The molecular weight excluding hydrogens is 306 g/mol. The maximum atomic E-state index is 5.72. The monoisotopic (exact) mass is 327 g/mol. The van der Waals surface area contributed by atoms with E-state index in [0.717, 1.165) is 36.7 Å². The van der Waals surface area contributed by atoms with Gasteiger partial charge in [0, 0.05) is 19.7 Å². The Kier molecular flexibility index (Phi) is 3.93. The molecule has 0 amide bonds. The van der Waals surface area contributed by atoms with Gasteiger partial charge >= 0.3 is 0 Å². The SMILES string of the molecule is COCc1cc(N2CC[C@H](C)C[C@@H]2c2ccco2)n2ncnc2n1. The quantitative estimate of drug-likeness (QED) is 0.734. The smallest absolute Gasteiger partial charge is 0.254 e. The zero-order chi connectivity index (χ0) is 16.5. The molecule has 2 atom stereocenters. The van der Waals surface area contributed by atoms with E-state index in [4.69, 9.17) is 9.15 Å². The average Bonchev–Trinajstić information content (AvgIpc) is 3.26. The van der Waals surface area contributed by atoms with Crippen LogP contribution in [0.5, 0.6) is 0 Å². The van der Waals surface area contributed by atoms with Crippen LogP contribution >= 0.6 is 0 Å². The molecule has 7 heteroatoms. The Morgan fingerprint density at radius 3 is 3.12 bits per heavy atom. The van der Waals surface area contributed by atoms with Gasteiger partial charge in [-0.1, -0.05) is 6.92 Å². The third kappa shape index (κ3) is 2.65. The van der Waals surface area contributed by atoms with Gasteiger partial charge in [-0.2, -0.15) is 14.6 Å². The second-order valence-corrected chi connectivity index (χ2v) is 6.36. The largest absolute Gasteiger partial charge is 0.467 e. The molecule has 3 aromatic heterocycles. The number of methoxy groups -OCH3 is 1. The molecule has 7 nitrogen and oxygen atoms in total. The Morgan fingerprint density at radius 2 is 2.33 bits per heavy atom. The van der Waals surface area contributed by atoms with Crippen LogP contribution in [0.2, 0.25) is 0 Å². The molecule has 0 radical (unpaired) electrons. The molecule has 1 aliphatic heterocycles. The van der Waals surface area contributed by atoms with E-state index in [0.29, 0.717) is 18.3 Å². The fraction of sp³-hybridized carbons (Fsp3) is 0.471. The van der Waals surface area contributed by atoms with Gasteiger partial charge in [0.2, 0.25) is 0 Å². The highest BCUT2D eigenvalue weighted by molar-refractivity contribution is 5.49. The molecule has 126 valence electrons. The minimum absolute atomic E-state index is 0.189. The van der Waals surface area contributed by atoms with E-state index < -0.39 is 0 Å². The fourth-order valence-corrected chi connectivity index (χ4v) is 3.44. The number of ether oxygens (including phenoxy) is 1. The van der Waals surface area contributed by atoms with Gasteiger partial charge < -0.3 is 14.1 Å². The predicted octanol–water partition coefficient (Wildman–Crippen LogP) is 2.84. The molecule has 4 rings (SSSR count). The molecule has 0 unspecified atom stereocenters. The molecule has 3 aromatic rings. The number of furan rings is 1. The lowest BCUT2D eigenvalue weighted by molar-refractivity contribution is 0.181. The van der Waals surface area contributed by atoms with Crippen LogP contribution in [0.1, 0.15) is 37.3 Å². The lowest BCUT2D eigenvalue weighted by atomic mass is 9.91. The second-order valence-electron chi connectivity index (χ2n) is 6.36. The highest BCUT2D eigenvalue weighted by atomic mass is 16.5. The number of rotatable bonds is 4. The summed E-state index contributed by atoms with van der Waals surface area (Å²) >= 11 is 0. The number of anilines is 1. The van der Waals surface area contributed by atoms with E-state index in [1.165, 1.54) is 6.33 Å². The molecule has 1 saturated heterocycles. The van der Waals surface area contributed by atoms with E-state index in [9.17, 15) is 0 Å². The molecule has 4 heterocycles. The lowest BCUT2D eigenvalue weighted by Crippen LogP contribution is -2.37. The van der Waals surface area contributed by atoms with Crippen LogP contribution in [0, 0.1) is 5.92 Å². The minimum Gasteiger partial charge on any atom is -0.467 e. The first-order valence-corrected chi connectivity index (χ1v) is 8.25. The van der Waals surface area contributed by atoms with Crippen LogP contribution in [-0.4, -0.2) is 33.2 Å². The van der Waals surface area contributed by atoms with Crippen LogP contribution in [0.4, 0.5) is 5.82 Å². The maximum Gasteiger partial charge on any atom is 0.254 e. The van der Waals surface area contributed by atoms with Crippen molar-refractivity contribution in [3.05, 3.63) is 42.2 Å². The standard InChI is InChI=1S/C17H21N5O2/c1-12-5-6-21(14(8-12)15-4-3-7-24-15)16-9-13(10-23-2)20-17-18-11-19-22(16)17/h3-4,7,9,11-12,14H,5-6,8,10H2,1-2H3/t12-,14+/m0/s1. The van der Waals surface area contributed by atoms with Gasteiger partial charge in [-0.3, -0.25) is 0 Å². The zero-order valence-corrected chi connectivity index (χ0v) is 13.9. The lowest BCUT2D eigenvalue weighted by Gasteiger charge is -2.38. The summed E-state index contributed by atoms with van der Waals surface area (Å²) in [6, 6.07) is 6.22. The van der Waals surface area contributed by atoms with E-state index >= 15 is 0 Å². The van der Waals surface area contributed by atoms with Crippen molar-refractivity contribution in [1.82, 2.24) is 19.6 Å². The van der Waals surface area contributed by atoms with Crippen molar-refractivity contribution in [2.24, 2.45) is 5.92 Å². The van der Waals surface area contributed by atoms with Crippen LogP contribution < -0.4 is 4.90 Å². The topological polar surface area (TPSA) is 68.7 Å². The zero-order valence-electron chi connectivity index (χ0n) is 13.9. The van der Waals surface area contributed by atoms with Crippen molar-refractivity contribution < 1.29 is 9.15 Å². The predicted molar refractivity (Wildman–Crippen MR) is 88.7 cm³/mol. The molecule has 1 fully saturated rings. The van der Waals surface area contributed by atoms with Crippen LogP contribution in [0.25, 0.3) is 5.78 Å². The van der Waals surface area contributed by atoms with Crippen molar-refractivity contribution in [2.45, 2.75) is 32.4 Å². The maximum absolute atomic E-state index is 5.72. The van der Waals surface area contributed by atoms with Gasteiger partial charge in [0.15, 0.2) is 0 Å². The number of hydrogen-bond acceptors (Lipinski definition) is 6. The highest BCUT2D eigenvalue weighted by Gasteiger charge is 2.31. The third-order valence-corrected chi connectivity index (χ3v) is 4.61. The van der Waals surface area contributed by atoms with Gasteiger partial charge in [0.05, 0.1) is 24.6 Å². The number of aromatic nitrogens is 4. The van der Waals surface area contributed by atoms with Gasteiger partial charge in [-0.05, 0) is 30.9 Å². The fourth-order valence-electron chi connectivity index (χ4n) is 3.44. The molecule has 0 N–H and O–H groups in total. The summed E-state index contributed by atoms with van der Waals surface area (Å²) in [4.78, 5) is 11.1. The van der Waals surface area contributed by atoms with E-state index in [-0.39, 0.29) is 6.04 Å². The van der Waals surface area contributed by atoms with Gasteiger partial charge in [0.25, 0.3) is 5.78 Å². The average molecular weight is 327 g/mol. The molecule has 24 heavy (non-hydrogen) atoms. The summed E-state index contributed by atoms with van der Waals surface area (Å²) in [7, 11) is 1.67. The van der Waals surface area contributed by atoms with E-state index in [1.54, 1.807) is 17.9 Å². The Labute approximate surface area is 140 Å². The number of nitrogens with zero attached hydrogens (tertiary/aromatic N) is 5. The molecule has 0 bridgehead atoms. The van der Waals surface area contributed by atoms with Crippen LogP contribution in [0.3, 0.4) is 0 Å². The first-order chi connectivity index (χ1) is 11.8. The summed E-state index contributed by atoms with van der Waals surface area (Å²) in [6.07, 6.45) is 5.46. The molecule has 0 saturated carbocycles. The summed E-state index contributed by atoms with van der Waals surface area (Å²) < 4.78 is 12.8. The first-order valence-electron chi connectivity index (χ1n) is 8.25. The van der Waals surface area contributed by atoms with Crippen LogP contribution in [0.15, 0.2) is 35.2 Å². The number of fused-ring (bicyclic) bond motifs is 1. The normalized spacial score (nSPS) is 21.5. The Hall–Kier alpha value is -2.41. The van der Waals surface area contributed by atoms with Crippen LogP contribution in [-0.2, 0) is 11.3 Å². The van der Waals surface area contributed by atoms with Crippen molar-refractivity contribution >= 4 is 11.6 Å². The third-order valence-electron chi connectivity index (χ3n) is 4.61. The molecule has 0 aromatic carbocycles. The Bertz CT molecular complexity index is 814. The first kappa shape index (κ1) is 15.1. The summed E-state index contributed by atoms with van der Waals surface area (Å²) in [5.74, 6) is 3.22. The van der Waals surface area contributed by atoms with Crippen molar-refractivity contribution in [3.63, 3.8) is 0 Å². The van der Waals surface area contributed by atoms with E-state index in [2.05, 4.69) is 26.9 Å². The molecule has 0 spiro atoms. The van der Waals surface area contributed by atoms with Crippen molar-refractivity contribution in [1.29, 1.82) is 0 Å². The Morgan fingerprint density at radius 1 is 1.42 bits per heavy atom. The summed E-state index contributed by atoms with van der Waals surface area (Å²) in [5, 5.41) is 4.36.